The smallest absolute Gasteiger partial charge is 0.237 e. The second-order valence-electron chi connectivity index (χ2n) is 8.03. The van der Waals surface area contributed by atoms with E-state index in [4.69, 9.17) is 0 Å². The van der Waals surface area contributed by atoms with Gasteiger partial charge >= 0.3 is 0 Å². The van der Waals surface area contributed by atoms with Crippen LogP contribution in [0, 0.1) is 0 Å². The summed E-state index contributed by atoms with van der Waals surface area (Å²) in [6.45, 7) is 4.06. The molecule has 0 saturated heterocycles. The van der Waals surface area contributed by atoms with Crippen molar-refractivity contribution in [2.75, 3.05) is 16.0 Å². The molecule has 1 N–H and O–H groups in total. The lowest BCUT2D eigenvalue weighted by atomic mass is 10.2. The van der Waals surface area contributed by atoms with Crippen LogP contribution in [0.15, 0.2) is 59.8 Å². The predicted molar refractivity (Wildman–Crippen MR) is 125 cm³/mol. The Kier molecular flexibility index (Phi) is 6.86. The number of amides is 1. The minimum atomic E-state index is 0.0461. The minimum absolute atomic E-state index is 0.0461. The number of hydrogen-bond acceptors (Lipinski definition) is 6. The molecule has 1 aliphatic carbocycles. The fraction of sp³-hybridized carbons (Fsp3) is 0.391. The second-order valence-corrected chi connectivity index (χ2v) is 8.97. The normalized spacial score (nSPS) is 14.2. The highest BCUT2D eigenvalue weighted by atomic mass is 32.2. The highest BCUT2D eigenvalue weighted by molar-refractivity contribution is 7.99. The standard InChI is InChI=1S/C23H28N6OS/c1-17(2)28(20-14-12-19(13-15-20)24-18-8-4-3-5-9-18)22(30)16-31-23-25-26-27-29(23)21-10-6-7-11-21/h3-5,8-9,12-15,17,21,24H,6-7,10-11,16H2,1-2H3. The molecule has 31 heavy (non-hydrogen) atoms. The molecule has 0 aliphatic heterocycles. The number of para-hydroxylation sites is 1. The number of aromatic nitrogens is 4. The summed E-state index contributed by atoms with van der Waals surface area (Å²) in [6.07, 6.45) is 4.63. The van der Waals surface area contributed by atoms with E-state index >= 15 is 0 Å². The number of rotatable bonds is 8. The van der Waals surface area contributed by atoms with Gasteiger partial charge in [-0.15, -0.1) is 5.10 Å². The van der Waals surface area contributed by atoms with Crippen LogP contribution in [0.3, 0.4) is 0 Å². The van der Waals surface area contributed by atoms with Gasteiger partial charge in [0.05, 0.1) is 11.8 Å². The quantitative estimate of drug-likeness (QED) is 0.497. The Hall–Kier alpha value is -2.87. The van der Waals surface area contributed by atoms with Gasteiger partial charge in [0.2, 0.25) is 11.1 Å². The van der Waals surface area contributed by atoms with E-state index < -0.39 is 0 Å². The van der Waals surface area contributed by atoms with Gasteiger partial charge in [0, 0.05) is 23.1 Å². The zero-order valence-electron chi connectivity index (χ0n) is 17.9. The number of carbonyl (C=O) groups is 1. The minimum Gasteiger partial charge on any atom is -0.356 e. The van der Waals surface area contributed by atoms with Gasteiger partial charge in [-0.2, -0.15) is 0 Å². The largest absolute Gasteiger partial charge is 0.356 e. The summed E-state index contributed by atoms with van der Waals surface area (Å²) in [5, 5.41) is 16.2. The van der Waals surface area contributed by atoms with Gasteiger partial charge in [-0.05, 0) is 73.5 Å². The lowest BCUT2D eigenvalue weighted by molar-refractivity contribution is -0.116. The van der Waals surface area contributed by atoms with Gasteiger partial charge < -0.3 is 10.2 Å². The van der Waals surface area contributed by atoms with Gasteiger partial charge in [0.1, 0.15) is 0 Å². The highest BCUT2D eigenvalue weighted by Crippen LogP contribution is 2.32. The van der Waals surface area contributed by atoms with E-state index in [0.717, 1.165) is 35.1 Å². The number of hydrogen-bond donors (Lipinski definition) is 1. The number of nitrogens with one attached hydrogen (secondary N) is 1. The number of thioether (sulfide) groups is 1. The lowest BCUT2D eigenvalue weighted by Gasteiger charge is -2.27. The van der Waals surface area contributed by atoms with E-state index in [-0.39, 0.29) is 11.9 Å². The number of nitrogens with zero attached hydrogens (tertiary/aromatic N) is 5. The van der Waals surface area contributed by atoms with Crippen LogP contribution in [-0.2, 0) is 4.79 Å². The summed E-state index contributed by atoms with van der Waals surface area (Å²) in [5.74, 6) is 0.347. The van der Waals surface area contributed by atoms with E-state index in [9.17, 15) is 4.79 Å². The van der Waals surface area contributed by atoms with Crippen molar-refractivity contribution < 1.29 is 4.79 Å². The molecule has 0 unspecified atom stereocenters. The molecule has 0 radical (unpaired) electrons. The van der Waals surface area contributed by atoms with Crippen LogP contribution in [0.1, 0.15) is 45.6 Å². The average molecular weight is 437 g/mol. The van der Waals surface area contributed by atoms with Gasteiger partial charge in [-0.25, -0.2) is 4.68 Å². The van der Waals surface area contributed by atoms with E-state index in [0.29, 0.717) is 11.8 Å². The van der Waals surface area contributed by atoms with Crippen molar-refractivity contribution in [1.29, 1.82) is 0 Å². The molecule has 1 saturated carbocycles. The summed E-state index contributed by atoms with van der Waals surface area (Å²) < 4.78 is 1.90. The van der Waals surface area contributed by atoms with Crippen LogP contribution < -0.4 is 10.2 Å². The number of anilines is 3. The molecule has 1 aliphatic rings. The zero-order valence-corrected chi connectivity index (χ0v) is 18.8. The van der Waals surface area contributed by atoms with Crippen LogP contribution in [0.5, 0.6) is 0 Å². The monoisotopic (exact) mass is 436 g/mol. The zero-order chi connectivity index (χ0) is 21.6. The molecule has 1 heterocycles. The molecule has 162 valence electrons. The molecular weight excluding hydrogens is 408 g/mol. The first-order valence-corrected chi connectivity index (χ1v) is 11.8. The third-order valence-corrected chi connectivity index (χ3v) is 6.37. The topological polar surface area (TPSA) is 75.9 Å². The molecule has 2 aromatic carbocycles. The molecule has 0 atom stereocenters. The molecule has 8 heteroatoms. The first-order chi connectivity index (χ1) is 15.1. The molecule has 1 aromatic heterocycles. The van der Waals surface area contributed by atoms with E-state index in [1.807, 2.05) is 78.0 Å². The Bertz CT molecular complexity index is 983. The van der Waals surface area contributed by atoms with Crippen LogP contribution in [-0.4, -0.2) is 37.9 Å². The van der Waals surface area contributed by atoms with Crippen LogP contribution in [0.25, 0.3) is 0 Å². The maximum absolute atomic E-state index is 13.1. The van der Waals surface area contributed by atoms with E-state index in [1.165, 1.54) is 24.6 Å². The van der Waals surface area contributed by atoms with Crippen molar-refractivity contribution in [2.24, 2.45) is 0 Å². The van der Waals surface area contributed by atoms with Gasteiger partial charge in [0.25, 0.3) is 0 Å². The van der Waals surface area contributed by atoms with Crippen molar-refractivity contribution in [1.82, 2.24) is 20.2 Å². The predicted octanol–water partition coefficient (Wildman–Crippen LogP) is 5.07. The molecule has 0 bridgehead atoms. The number of carbonyl (C=O) groups excluding carboxylic acids is 1. The van der Waals surface area contributed by atoms with Crippen LogP contribution in [0.2, 0.25) is 0 Å². The van der Waals surface area contributed by atoms with Gasteiger partial charge in [-0.3, -0.25) is 4.79 Å². The van der Waals surface area contributed by atoms with Crippen molar-refractivity contribution >= 4 is 34.7 Å². The molecule has 1 fully saturated rings. The van der Waals surface area contributed by atoms with Crippen LogP contribution in [0.4, 0.5) is 17.1 Å². The van der Waals surface area contributed by atoms with E-state index in [1.54, 1.807) is 0 Å². The summed E-state index contributed by atoms with van der Waals surface area (Å²) in [4.78, 5) is 14.9. The molecule has 0 spiro atoms. The summed E-state index contributed by atoms with van der Waals surface area (Å²) >= 11 is 1.42. The number of benzene rings is 2. The fourth-order valence-electron chi connectivity index (χ4n) is 3.98. The third-order valence-electron chi connectivity index (χ3n) is 5.45. The summed E-state index contributed by atoms with van der Waals surface area (Å²) in [6, 6.07) is 18.4. The SMILES string of the molecule is CC(C)N(C(=O)CSc1nnnn1C1CCCC1)c1ccc(Nc2ccccc2)cc1. The van der Waals surface area contributed by atoms with Crippen molar-refractivity contribution in [3.8, 4) is 0 Å². The maximum atomic E-state index is 13.1. The maximum Gasteiger partial charge on any atom is 0.237 e. The third kappa shape index (κ3) is 5.25. The average Bonchev–Trinajstić information content (AvgIpc) is 3.46. The Morgan fingerprint density at radius 2 is 1.77 bits per heavy atom. The Morgan fingerprint density at radius 1 is 1.10 bits per heavy atom. The van der Waals surface area contributed by atoms with Gasteiger partial charge in [0.15, 0.2) is 0 Å². The highest BCUT2D eigenvalue weighted by Gasteiger charge is 2.24. The molecule has 1 amide bonds. The Labute approximate surface area is 187 Å². The number of tetrazole rings is 1. The van der Waals surface area contributed by atoms with Crippen LogP contribution >= 0.6 is 11.8 Å². The second kappa shape index (κ2) is 9.96. The van der Waals surface area contributed by atoms with Crippen molar-refractivity contribution in [3.63, 3.8) is 0 Å². The van der Waals surface area contributed by atoms with Crippen molar-refractivity contribution in [3.05, 3.63) is 54.6 Å². The lowest BCUT2D eigenvalue weighted by Crippen LogP contribution is -2.38. The summed E-state index contributed by atoms with van der Waals surface area (Å²) in [7, 11) is 0. The first kappa shape index (κ1) is 21.4. The Balaban J connectivity index is 1.41. The first-order valence-electron chi connectivity index (χ1n) is 10.8. The molecular formula is C23H28N6OS. The fourth-order valence-corrected chi connectivity index (χ4v) is 4.78. The Morgan fingerprint density at radius 3 is 2.45 bits per heavy atom. The van der Waals surface area contributed by atoms with Crippen molar-refractivity contribution in [2.45, 2.75) is 56.8 Å². The molecule has 4 rings (SSSR count). The molecule has 7 nitrogen and oxygen atoms in total. The van der Waals surface area contributed by atoms with E-state index in [2.05, 4.69) is 20.8 Å². The van der Waals surface area contributed by atoms with Gasteiger partial charge in [-0.1, -0.05) is 42.8 Å². The molecule has 3 aromatic rings. The summed E-state index contributed by atoms with van der Waals surface area (Å²) in [5.41, 5.74) is 2.90.